The number of nitrogens with one attached hydrogen (secondary N) is 2. The van der Waals surface area contributed by atoms with Gasteiger partial charge in [0.15, 0.2) is 5.78 Å². The van der Waals surface area contributed by atoms with Crippen molar-refractivity contribution >= 4 is 23.3 Å². The summed E-state index contributed by atoms with van der Waals surface area (Å²) in [6, 6.07) is 8.69. The predicted molar refractivity (Wildman–Crippen MR) is 78.1 cm³/mol. The number of aromatic nitrogens is 1. The third-order valence-corrected chi connectivity index (χ3v) is 3.27. The minimum Gasteiger partial charge on any atom is -0.356 e. The largest absolute Gasteiger partial charge is 0.356 e. The Balaban J connectivity index is 2.08. The van der Waals surface area contributed by atoms with Crippen LogP contribution in [-0.4, -0.2) is 16.7 Å². The lowest BCUT2D eigenvalue weighted by atomic mass is 10.1. The second kappa shape index (κ2) is 5.92. The summed E-state index contributed by atoms with van der Waals surface area (Å²) in [5.41, 5.74) is 1.78. The number of amides is 1. The number of H-pyrrole nitrogens is 1. The van der Waals surface area contributed by atoms with Crippen LogP contribution < -0.4 is 5.32 Å². The van der Waals surface area contributed by atoms with Crippen LogP contribution in [0.3, 0.4) is 0 Å². The van der Waals surface area contributed by atoms with Gasteiger partial charge < -0.3 is 10.3 Å². The summed E-state index contributed by atoms with van der Waals surface area (Å²) >= 11 is 5.92. The molecule has 0 unspecified atom stereocenters. The first kappa shape index (κ1) is 14.3. The van der Waals surface area contributed by atoms with Crippen LogP contribution in [-0.2, 0) is 0 Å². The molecule has 104 valence electrons. The molecule has 0 aliphatic carbocycles. The zero-order chi connectivity index (χ0) is 14.7. The summed E-state index contributed by atoms with van der Waals surface area (Å²) in [5.74, 6) is -0.340. The number of carbonyl (C=O) groups is 2. The summed E-state index contributed by atoms with van der Waals surface area (Å²) in [7, 11) is 0. The van der Waals surface area contributed by atoms with E-state index in [1.807, 2.05) is 25.1 Å². The van der Waals surface area contributed by atoms with Crippen LogP contribution >= 0.6 is 11.6 Å². The van der Waals surface area contributed by atoms with Crippen molar-refractivity contribution in [2.24, 2.45) is 0 Å². The third-order valence-electron chi connectivity index (χ3n) is 3.03. The lowest BCUT2D eigenvalue weighted by Gasteiger charge is -2.13. The van der Waals surface area contributed by atoms with E-state index in [2.05, 4.69) is 10.3 Å². The highest BCUT2D eigenvalue weighted by molar-refractivity contribution is 6.30. The number of hydrogen-bond donors (Lipinski definition) is 2. The van der Waals surface area contributed by atoms with Crippen molar-refractivity contribution in [2.75, 3.05) is 0 Å². The summed E-state index contributed by atoms with van der Waals surface area (Å²) in [5, 5.41) is 3.48. The molecule has 0 saturated carbocycles. The van der Waals surface area contributed by atoms with Crippen LogP contribution in [0.25, 0.3) is 0 Å². The standard InChI is InChI=1S/C15H15ClN2O2/c1-9(11-4-3-5-13(16)6-11)18-15(20)14-7-12(8-17-14)10(2)19/h3-9,17H,1-2H3,(H,18,20)/t9-/m1/s1. The van der Waals surface area contributed by atoms with Crippen molar-refractivity contribution in [3.05, 3.63) is 58.4 Å². The van der Waals surface area contributed by atoms with Gasteiger partial charge in [0.25, 0.3) is 5.91 Å². The molecule has 1 heterocycles. The number of rotatable bonds is 4. The predicted octanol–water partition coefficient (Wildman–Crippen LogP) is 3.36. The molecule has 0 bridgehead atoms. The molecular formula is C15H15ClN2O2. The second-order valence-electron chi connectivity index (χ2n) is 4.61. The number of benzene rings is 1. The first-order chi connectivity index (χ1) is 9.47. The molecule has 2 rings (SSSR count). The van der Waals surface area contributed by atoms with Gasteiger partial charge in [-0.15, -0.1) is 0 Å². The summed E-state index contributed by atoms with van der Waals surface area (Å²) < 4.78 is 0. The molecule has 1 atom stereocenters. The van der Waals surface area contributed by atoms with Crippen molar-refractivity contribution in [1.82, 2.24) is 10.3 Å². The van der Waals surface area contributed by atoms with E-state index in [-0.39, 0.29) is 17.7 Å². The Morgan fingerprint density at radius 3 is 2.65 bits per heavy atom. The van der Waals surface area contributed by atoms with Gasteiger partial charge in [-0.3, -0.25) is 9.59 Å². The third kappa shape index (κ3) is 3.27. The molecule has 0 aliphatic rings. The van der Waals surface area contributed by atoms with Crippen LogP contribution in [0.2, 0.25) is 5.02 Å². The van der Waals surface area contributed by atoms with Crippen molar-refractivity contribution in [3.8, 4) is 0 Å². The number of Topliss-reactive ketones (excluding diaryl/α,β-unsaturated/α-hetero) is 1. The quantitative estimate of drug-likeness (QED) is 0.848. The fraction of sp³-hybridized carbons (Fsp3) is 0.200. The molecule has 0 fully saturated rings. The lowest BCUT2D eigenvalue weighted by molar-refractivity contribution is 0.0935. The number of aromatic amines is 1. The van der Waals surface area contributed by atoms with Crippen molar-refractivity contribution in [2.45, 2.75) is 19.9 Å². The average molecular weight is 291 g/mol. The second-order valence-corrected chi connectivity index (χ2v) is 5.04. The van der Waals surface area contributed by atoms with Gasteiger partial charge in [0.05, 0.1) is 6.04 Å². The highest BCUT2D eigenvalue weighted by Crippen LogP contribution is 2.17. The van der Waals surface area contributed by atoms with E-state index in [0.717, 1.165) is 5.56 Å². The van der Waals surface area contributed by atoms with E-state index in [1.54, 1.807) is 12.1 Å². The Labute approximate surface area is 122 Å². The van der Waals surface area contributed by atoms with Gasteiger partial charge >= 0.3 is 0 Å². The molecular weight excluding hydrogens is 276 g/mol. The molecule has 4 nitrogen and oxygen atoms in total. The van der Waals surface area contributed by atoms with Gasteiger partial charge in [-0.05, 0) is 37.6 Å². The Bertz CT molecular complexity index is 649. The van der Waals surface area contributed by atoms with Gasteiger partial charge in [0.1, 0.15) is 5.69 Å². The van der Waals surface area contributed by atoms with E-state index in [4.69, 9.17) is 11.6 Å². The summed E-state index contributed by atoms with van der Waals surface area (Å²) in [4.78, 5) is 26.1. The molecule has 0 aliphatic heterocycles. The Morgan fingerprint density at radius 2 is 2.05 bits per heavy atom. The van der Waals surface area contributed by atoms with E-state index in [1.165, 1.54) is 13.1 Å². The van der Waals surface area contributed by atoms with E-state index in [0.29, 0.717) is 16.3 Å². The Hall–Kier alpha value is -2.07. The summed E-state index contributed by atoms with van der Waals surface area (Å²) in [6.07, 6.45) is 1.53. The SMILES string of the molecule is CC(=O)c1c[nH]c(C(=O)N[C@H](C)c2cccc(Cl)c2)c1. The molecule has 1 aromatic carbocycles. The molecule has 1 amide bonds. The normalized spacial score (nSPS) is 11.9. The molecule has 2 N–H and O–H groups in total. The maximum absolute atomic E-state index is 12.1. The number of halogens is 1. The molecule has 5 heteroatoms. The van der Waals surface area contributed by atoms with E-state index < -0.39 is 0 Å². The van der Waals surface area contributed by atoms with Gasteiger partial charge in [-0.1, -0.05) is 23.7 Å². The molecule has 0 saturated heterocycles. The Morgan fingerprint density at radius 1 is 1.30 bits per heavy atom. The van der Waals surface area contributed by atoms with Gasteiger partial charge in [0.2, 0.25) is 0 Å². The smallest absolute Gasteiger partial charge is 0.268 e. The van der Waals surface area contributed by atoms with Crippen molar-refractivity contribution in [1.29, 1.82) is 0 Å². The van der Waals surface area contributed by atoms with E-state index >= 15 is 0 Å². The van der Waals surface area contributed by atoms with Crippen LogP contribution in [0.5, 0.6) is 0 Å². The topological polar surface area (TPSA) is 62.0 Å². The first-order valence-corrected chi connectivity index (χ1v) is 6.61. The van der Waals surface area contributed by atoms with Crippen molar-refractivity contribution < 1.29 is 9.59 Å². The minimum atomic E-state index is -0.259. The monoisotopic (exact) mass is 290 g/mol. The maximum Gasteiger partial charge on any atom is 0.268 e. The fourth-order valence-corrected chi connectivity index (χ4v) is 2.06. The Kier molecular flexibility index (Phi) is 4.25. The van der Waals surface area contributed by atoms with Gasteiger partial charge in [0, 0.05) is 16.8 Å². The molecule has 20 heavy (non-hydrogen) atoms. The molecule has 0 spiro atoms. The van der Waals surface area contributed by atoms with Gasteiger partial charge in [-0.25, -0.2) is 0 Å². The minimum absolute atomic E-state index is 0.0804. The van der Waals surface area contributed by atoms with Gasteiger partial charge in [-0.2, -0.15) is 0 Å². The van der Waals surface area contributed by atoms with Crippen LogP contribution in [0, 0.1) is 0 Å². The number of ketones is 1. The van der Waals surface area contributed by atoms with Crippen molar-refractivity contribution in [3.63, 3.8) is 0 Å². The zero-order valence-electron chi connectivity index (χ0n) is 11.2. The molecule has 2 aromatic rings. The molecule has 0 radical (unpaired) electrons. The maximum atomic E-state index is 12.1. The molecule has 1 aromatic heterocycles. The lowest BCUT2D eigenvalue weighted by Crippen LogP contribution is -2.26. The average Bonchev–Trinajstić information content (AvgIpc) is 2.88. The van der Waals surface area contributed by atoms with Crippen LogP contribution in [0.1, 0.15) is 46.3 Å². The number of carbonyl (C=O) groups excluding carboxylic acids is 2. The van der Waals surface area contributed by atoms with E-state index in [9.17, 15) is 9.59 Å². The highest BCUT2D eigenvalue weighted by Gasteiger charge is 2.14. The first-order valence-electron chi connectivity index (χ1n) is 6.23. The van der Waals surface area contributed by atoms with Crippen LogP contribution in [0.4, 0.5) is 0 Å². The fourth-order valence-electron chi connectivity index (χ4n) is 1.86. The summed E-state index contributed by atoms with van der Waals surface area (Å²) in [6.45, 7) is 3.33. The van der Waals surface area contributed by atoms with Crippen LogP contribution in [0.15, 0.2) is 36.5 Å². The number of hydrogen-bond acceptors (Lipinski definition) is 2. The zero-order valence-corrected chi connectivity index (χ0v) is 12.0. The highest BCUT2D eigenvalue weighted by atomic mass is 35.5.